The van der Waals surface area contributed by atoms with Crippen LogP contribution in [0.1, 0.15) is 17.2 Å². The first-order valence-corrected chi connectivity index (χ1v) is 6.32. The van der Waals surface area contributed by atoms with Crippen molar-refractivity contribution in [3.05, 3.63) is 40.4 Å². The minimum Gasteiger partial charge on any atom is -0.283 e. The molecule has 0 fully saturated rings. The Hall–Kier alpha value is -1.42. The minimum atomic E-state index is -0.349. The minimum absolute atomic E-state index is 0.0490. The maximum Gasteiger partial charge on any atom is 0.137 e. The van der Waals surface area contributed by atoms with E-state index in [2.05, 4.69) is 10.2 Å². The Labute approximate surface area is 110 Å². The van der Waals surface area contributed by atoms with Crippen LogP contribution in [0, 0.1) is 12.8 Å². The fraction of sp³-hybridized carbons (Fsp3) is 0.385. The van der Waals surface area contributed by atoms with E-state index in [1.165, 1.54) is 0 Å². The summed E-state index contributed by atoms with van der Waals surface area (Å²) in [4.78, 5) is 0. The largest absolute Gasteiger partial charge is 0.283 e. The molecule has 1 aliphatic heterocycles. The third-order valence-electron chi connectivity index (χ3n) is 3.37. The van der Waals surface area contributed by atoms with E-state index in [0.717, 1.165) is 22.9 Å². The van der Waals surface area contributed by atoms with Crippen LogP contribution < -0.4 is 0 Å². The van der Waals surface area contributed by atoms with Crippen molar-refractivity contribution >= 4 is 11.6 Å². The summed E-state index contributed by atoms with van der Waals surface area (Å²) < 4.78 is 15.1. The van der Waals surface area contributed by atoms with Crippen LogP contribution in [0.2, 0.25) is 5.02 Å². The molecule has 0 bridgehead atoms. The molecule has 0 saturated carbocycles. The highest BCUT2D eigenvalue weighted by Crippen LogP contribution is 2.29. The van der Waals surface area contributed by atoms with Gasteiger partial charge in [-0.05, 0) is 43.0 Å². The number of benzene rings is 1. The van der Waals surface area contributed by atoms with Crippen molar-refractivity contribution in [1.82, 2.24) is 14.8 Å². The van der Waals surface area contributed by atoms with Crippen molar-refractivity contribution in [3.8, 4) is 5.69 Å². The van der Waals surface area contributed by atoms with Crippen molar-refractivity contribution in [1.29, 1.82) is 0 Å². The predicted octanol–water partition coefficient (Wildman–Crippen LogP) is 2.91. The predicted molar refractivity (Wildman–Crippen MR) is 68.0 cm³/mol. The first-order chi connectivity index (χ1) is 8.69. The number of halogens is 2. The topological polar surface area (TPSA) is 30.7 Å². The molecule has 3 rings (SSSR count). The highest BCUT2D eigenvalue weighted by atomic mass is 35.5. The molecular weight excluding hydrogens is 253 g/mol. The van der Waals surface area contributed by atoms with Crippen LogP contribution in [0.3, 0.4) is 0 Å². The fourth-order valence-electron chi connectivity index (χ4n) is 2.54. The van der Waals surface area contributed by atoms with E-state index in [1.54, 1.807) is 0 Å². The van der Waals surface area contributed by atoms with Gasteiger partial charge in [0.1, 0.15) is 11.6 Å². The highest BCUT2D eigenvalue weighted by Gasteiger charge is 2.24. The van der Waals surface area contributed by atoms with E-state index < -0.39 is 0 Å². The van der Waals surface area contributed by atoms with E-state index in [9.17, 15) is 4.39 Å². The number of aryl methyl sites for hydroxylation is 1. The number of aromatic nitrogens is 3. The van der Waals surface area contributed by atoms with Crippen molar-refractivity contribution in [3.63, 3.8) is 0 Å². The zero-order valence-corrected chi connectivity index (χ0v) is 10.8. The maximum absolute atomic E-state index is 13.1. The molecule has 0 amide bonds. The summed E-state index contributed by atoms with van der Waals surface area (Å²) in [6.07, 6.45) is 1.30. The summed E-state index contributed by atoms with van der Waals surface area (Å²) in [5, 5.41) is 8.92. The monoisotopic (exact) mass is 265 g/mol. The lowest BCUT2D eigenvalue weighted by molar-refractivity contribution is 0.355. The number of fused-ring (bicyclic) bond motifs is 3. The van der Waals surface area contributed by atoms with Gasteiger partial charge < -0.3 is 0 Å². The molecule has 2 aromatic rings. The van der Waals surface area contributed by atoms with Crippen LogP contribution in [0.4, 0.5) is 4.39 Å². The van der Waals surface area contributed by atoms with E-state index in [0.29, 0.717) is 17.9 Å². The molecule has 0 spiro atoms. The Morgan fingerprint density at radius 1 is 1.39 bits per heavy atom. The molecule has 0 radical (unpaired) electrons. The lowest BCUT2D eigenvalue weighted by atomic mass is 9.98. The van der Waals surface area contributed by atoms with Gasteiger partial charge in [0.2, 0.25) is 0 Å². The number of hydrogen-bond acceptors (Lipinski definition) is 2. The quantitative estimate of drug-likeness (QED) is 0.794. The summed E-state index contributed by atoms with van der Waals surface area (Å²) in [6.45, 7) is 1.56. The van der Waals surface area contributed by atoms with E-state index in [4.69, 9.17) is 11.6 Å². The fourth-order valence-corrected chi connectivity index (χ4v) is 2.73. The molecule has 1 unspecified atom stereocenters. The van der Waals surface area contributed by atoms with Gasteiger partial charge in [-0.2, -0.15) is 0 Å². The average Bonchev–Trinajstić information content (AvgIpc) is 2.62. The number of nitrogens with zero attached hydrogens (tertiary/aromatic N) is 3. The first kappa shape index (κ1) is 11.7. The van der Waals surface area contributed by atoms with Crippen molar-refractivity contribution in [2.24, 2.45) is 5.92 Å². The summed E-state index contributed by atoms with van der Waals surface area (Å²) in [6, 6.07) is 5.71. The Morgan fingerprint density at radius 2 is 2.22 bits per heavy atom. The third kappa shape index (κ3) is 1.81. The Kier molecular flexibility index (Phi) is 2.82. The Morgan fingerprint density at radius 3 is 3.00 bits per heavy atom. The lowest BCUT2D eigenvalue weighted by Gasteiger charge is -2.11. The van der Waals surface area contributed by atoms with Gasteiger partial charge in [0.15, 0.2) is 0 Å². The Balaban J connectivity index is 2.23. The number of hydrogen-bond donors (Lipinski definition) is 0. The summed E-state index contributed by atoms with van der Waals surface area (Å²) >= 11 is 6.03. The van der Waals surface area contributed by atoms with Crippen LogP contribution >= 0.6 is 11.6 Å². The standard InChI is InChI=1S/C13H13ClFN3/c1-8-16-17-13-5-9(7-15)4-10-6-11(14)2-3-12(10)18(8)13/h2-3,6,9H,4-5,7H2,1H3. The number of rotatable bonds is 1. The van der Waals surface area contributed by atoms with Gasteiger partial charge in [-0.15, -0.1) is 10.2 Å². The zero-order chi connectivity index (χ0) is 12.7. The van der Waals surface area contributed by atoms with Crippen molar-refractivity contribution in [2.75, 3.05) is 6.67 Å². The van der Waals surface area contributed by atoms with E-state index in [1.807, 2.05) is 29.7 Å². The Bertz CT molecular complexity index is 594. The molecular formula is C13H13ClFN3. The van der Waals surface area contributed by atoms with Gasteiger partial charge in [-0.3, -0.25) is 8.96 Å². The van der Waals surface area contributed by atoms with Crippen molar-refractivity contribution < 1.29 is 4.39 Å². The molecule has 0 aliphatic carbocycles. The zero-order valence-electron chi connectivity index (χ0n) is 10.0. The molecule has 1 aromatic heterocycles. The van der Waals surface area contributed by atoms with Gasteiger partial charge in [0, 0.05) is 11.4 Å². The van der Waals surface area contributed by atoms with Crippen LogP contribution in [-0.2, 0) is 12.8 Å². The lowest BCUT2D eigenvalue weighted by Crippen LogP contribution is -2.10. The summed E-state index contributed by atoms with van der Waals surface area (Å²) in [5.74, 6) is 1.61. The second kappa shape index (κ2) is 4.35. The maximum atomic E-state index is 13.1. The second-order valence-electron chi connectivity index (χ2n) is 4.70. The van der Waals surface area contributed by atoms with Gasteiger partial charge in [-0.1, -0.05) is 11.6 Å². The molecule has 1 aliphatic rings. The van der Waals surface area contributed by atoms with Crippen LogP contribution in [0.25, 0.3) is 5.69 Å². The van der Waals surface area contributed by atoms with Crippen LogP contribution in [0.15, 0.2) is 18.2 Å². The summed E-state index contributed by atoms with van der Waals surface area (Å²) in [5.41, 5.74) is 2.08. The summed E-state index contributed by atoms with van der Waals surface area (Å²) in [7, 11) is 0. The van der Waals surface area contributed by atoms with Crippen LogP contribution in [0.5, 0.6) is 0 Å². The molecule has 0 saturated heterocycles. The number of alkyl halides is 1. The molecule has 5 heteroatoms. The van der Waals surface area contributed by atoms with E-state index >= 15 is 0 Å². The van der Waals surface area contributed by atoms with Crippen LogP contribution in [-0.4, -0.2) is 21.4 Å². The van der Waals surface area contributed by atoms with Gasteiger partial charge in [0.05, 0.1) is 12.4 Å². The molecule has 1 aromatic carbocycles. The smallest absolute Gasteiger partial charge is 0.137 e. The third-order valence-corrected chi connectivity index (χ3v) is 3.61. The van der Waals surface area contributed by atoms with Crippen molar-refractivity contribution in [2.45, 2.75) is 19.8 Å². The molecule has 94 valence electrons. The molecule has 2 heterocycles. The molecule has 3 nitrogen and oxygen atoms in total. The average molecular weight is 266 g/mol. The molecule has 0 N–H and O–H groups in total. The molecule has 1 atom stereocenters. The normalized spacial score (nSPS) is 18.1. The van der Waals surface area contributed by atoms with Gasteiger partial charge in [0.25, 0.3) is 0 Å². The highest BCUT2D eigenvalue weighted by molar-refractivity contribution is 6.30. The van der Waals surface area contributed by atoms with Gasteiger partial charge in [-0.25, -0.2) is 0 Å². The first-order valence-electron chi connectivity index (χ1n) is 5.94. The van der Waals surface area contributed by atoms with E-state index in [-0.39, 0.29) is 12.6 Å². The SMILES string of the molecule is Cc1nnc2n1-c1ccc(Cl)cc1CC(CF)C2. The second-order valence-corrected chi connectivity index (χ2v) is 5.14. The van der Waals surface area contributed by atoms with Gasteiger partial charge >= 0.3 is 0 Å². The molecule has 18 heavy (non-hydrogen) atoms.